The van der Waals surface area contributed by atoms with E-state index in [1.165, 1.54) is 4.68 Å². The third-order valence-corrected chi connectivity index (χ3v) is 4.19. The summed E-state index contributed by atoms with van der Waals surface area (Å²) in [4.78, 5) is 24.6. The number of aromatic nitrogens is 2. The molecule has 0 aliphatic carbocycles. The average molecular weight is 353 g/mol. The molecule has 1 amide bonds. The van der Waals surface area contributed by atoms with Crippen LogP contribution in [-0.2, 0) is 31.5 Å². The Morgan fingerprint density at radius 3 is 2.46 bits per heavy atom. The Morgan fingerprint density at radius 2 is 1.77 bits per heavy atom. The number of aryl methyl sites for hydroxylation is 1. The van der Waals surface area contributed by atoms with E-state index in [9.17, 15) is 19.8 Å². The van der Waals surface area contributed by atoms with Crippen LogP contribution >= 0.6 is 0 Å². The Hall–Kier alpha value is -3.03. The number of carbonyl (C=O) groups excluding carboxylic acids is 1. The lowest BCUT2D eigenvalue weighted by Crippen LogP contribution is -2.24. The molecule has 0 saturated carbocycles. The van der Waals surface area contributed by atoms with E-state index >= 15 is 0 Å². The van der Waals surface area contributed by atoms with Crippen LogP contribution in [0.25, 0.3) is 10.8 Å². The molecule has 2 aromatic carbocycles. The molecule has 0 fully saturated rings. The second-order valence-electron chi connectivity index (χ2n) is 5.95. The van der Waals surface area contributed by atoms with E-state index in [0.29, 0.717) is 33.3 Å². The predicted octanol–water partition coefficient (Wildman–Crippen LogP) is 1.10. The third-order valence-electron chi connectivity index (χ3n) is 4.19. The molecule has 3 N–H and O–H groups in total. The van der Waals surface area contributed by atoms with Crippen molar-refractivity contribution in [3.8, 4) is 0 Å². The van der Waals surface area contributed by atoms with Crippen molar-refractivity contribution in [2.75, 3.05) is 5.32 Å². The topological polar surface area (TPSA) is 104 Å². The lowest BCUT2D eigenvalue weighted by atomic mass is 10.1. The van der Waals surface area contributed by atoms with Gasteiger partial charge >= 0.3 is 0 Å². The summed E-state index contributed by atoms with van der Waals surface area (Å²) in [5, 5.41) is 26.7. The van der Waals surface area contributed by atoms with Crippen LogP contribution in [-0.4, -0.2) is 25.9 Å². The maximum Gasteiger partial charge on any atom is 0.274 e. The van der Waals surface area contributed by atoms with E-state index in [-0.39, 0.29) is 31.1 Å². The predicted molar refractivity (Wildman–Crippen MR) is 97.6 cm³/mol. The Morgan fingerprint density at radius 1 is 1.08 bits per heavy atom. The number of rotatable bonds is 5. The summed E-state index contributed by atoms with van der Waals surface area (Å²) in [6.45, 7) is -0.412. The van der Waals surface area contributed by atoms with Crippen molar-refractivity contribution in [3.05, 3.63) is 69.6 Å². The Kier molecular flexibility index (Phi) is 5.11. The van der Waals surface area contributed by atoms with Crippen molar-refractivity contribution in [1.82, 2.24) is 9.78 Å². The van der Waals surface area contributed by atoms with Gasteiger partial charge in [-0.05, 0) is 29.3 Å². The number of nitrogens with one attached hydrogen (secondary N) is 1. The largest absolute Gasteiger partial charge is 0.392 e. The summed E-state index contributed by atoms with van der Waals surface area (Å²) in [5.74, 6) is -0.290. The van der Waals surface area contributed by atoms with Crippen molar-refractivity contribution in [3.63, 3.8) is 0 Å². The zero-order valence-electron chi connectivity index (χ0n) is 14.3. The van der Waals surface area contributed by atoms with Gasteiger partial charge in [-0.3, -0.25) is 9.59 Å². The number of aliphatic hydroxyl groups excluding tert-OH is 2. The van der Waals surface area contributed by atoms with Crippen molar-refractivity contribution in [2.45, 2.75) is 19.6 Å². The maximum absolute atomic E-state index is 12.4. The number of nitrogens with zero attached hydrogens (tertiary/aromatic N) is 2. The van der Waals surface area contributed by atoms with Crippen molar-refractivity contribution in [1.29, 1.82) is 0 Å². The van der Waals surface area contributed by atoms with Crippen LogP contribution in [0.3, 0.4) is 0 Å². The fraction of sp³-hybridized carbons (Fsp3) is 0.211. The van der Waals surface area contributed by atoms with E-state index in [4.69, 9.17) is 0 Å². The number of carbonyl (C=O) groups is 1. The summed E-state index contributed by atoms with van der Waals surface area (Å²) in [7, 11) is 1.55. The smallest absolute Gasteiger partial charge is 0.274 e. The lowest BCUT2D eigenvalue weighted by Gasteiger charge is -2.11. The van der Waals surface area contributed by atoms with Gasteiger partial charge in [0, 0.05) is 18.1 Å². The average Bonchev–Trinajstić information content (AvgIpc) is 2.65. The van der Waals surface area contributed by atoms with Gasteiger partial charge in [0.05, 0.1) is 30.7 Å². The standard InChI is InChI=1S/C19H19N3O4/c1-22-19(26)16-5-3-2-4-15(16)17(21-22)9-18(25)20-14-7-6-12(10-23)13(8-14)11-24/h2-8,23-24H,9-11H2,1H3,(H,20,25). The molecule has 7 heteroatoms. The van der Waals surface area contributed by atoms with E-state index in [2.05, 4.69) is 10.4 Å². The normalized spacial score (nSPS) is 10.9. The Balaban J connectivity index is 1.86. The van der Waals surface area contributed by atoms with Crippen molar-refractivity contribution in [2.24, 2.45) is 7.05 Å². The highest BCUT2D eigenvalue weighted by atomic mass is 16.3. The van der Waals surface area contributed by atoms with Crippen LogP contribution in [0.4, 0.5) is 5.69 Å². The van der Waals surface area contributed by atoms with Crippen LogP contribution in [0.15, 0.2) is 47.3 Å². The molecule has 7 nitrogen and oxygen atoms in total. The minimum atomic E-state index is -0.290. The summed E-state index contributed by atoms with van der Waals surface area (Å²) in [6.07, 6.45) is 0.00480. The minimum absolute atomic E-state index is 0.00480. The first-order valence-corrected chi connectivity index (χ1v) is 8.11. The number of benzene rings is 2. The molecule has 0 unspecified atom stereocenters. The van der Waals surface area contributed by atoms with Gasteiger partial charge < -0.3 is 15.5 Å². The van der Waals surface area contributed by atoms with E-state index in [1.807, 2.05) is 0 Å². The summed E-state index contributed by atoms with van der Waals surface area (Å²) >= 11 is 0. The highest BCUT2D eigenvalue weighted by Gasteiger charge is 2.13. The van der Waals surface area contributed by atoms with Gasteiger partial charge in [0.2, 0.25) is 5.91 Å². The maximum atomic E-state index is 12.4. The van der Waals surface area contributed by atoms with Crippen LogP contribution in [0.5, 0.6) is 0 Å². The van der Waals surface area contributed by atoms with E-state index in [0.717, 1.165) is 0 Å². The number of fused-ring (bicyclic) bond motifs is 1. The molecular weight excluding hydrogens is 334 g/mol. The Labute approximate surface area is 149 Å². The third kappa shape index (κ3) is 3.49. The van der Waals surface area contributed by atoms with E-state index in [1.54, 1.807) is 49.5 Å². The van der Waals surface area contributed by atoms with E-state index < -0.39 is 0 Å². The van der Waals surface area contributed by atoms with Gasteiger partial charge in [-0.15, -0.1) is 0 Å². The fourth-order valence-electron chi connectivity index (χ4n) is 2.87. The number of anilines is 1. The molecule has 0 saturated heterocycles. The van der Waals surface area contributed by atoms with Crippen LogP contribution in [0.1, 0.15) is 16.8 Å². The molecule has 0 radical (unpaired) electrons. The summed E-state index contributed by atoms with van der Waals surface area (Å²) in [5.41, 5.74) is 1.98. The lowest BCUT2D eigenvalue weighted by molar-refractivity contribution is -0.115. The monoisotopic (exact) mass is 353 g/mol. The first-order chi connectivity index (χ1) is 12.5. The van der Waals surface area contributed by atoms with Gasteiger partial charge in [-0.1, -0.05) is 24.3 Å². The van der Waals surface area contributed by atoms with Crippen LogP contribution in [0.2, 0.25) is 0 Å². The Bertz CT molecular complexity index is 1030. The molecular formula is C19H19N3O4. The second-order valence-corrected chi connectivity index (χ2v) is 5.95. The quantitative estimate of drug-likeness (QED) is 0.637. The van der Waals surface area contributed by atoms with Crippen molar-refractivity contribution >= 4 is 22.4 Å². The number of hydrogen-bond acceptors (Lipinski definition) is 5. The number of aliphatic hydroxyl groups is 2. The van der Waals surface area contributed by atoms with Gasteiger partial charge in [0.1, 0.15) is 0 Å². The first-order valence-electron chi connectivity index (χ1n) is 8.11. The molecule has 3 rings (SSSR count). The van der Waals surface area contributed by atoms with Gasteiger partial charge in [-0.25, -0.2) is 4.68 Å². The van der Waals surface area contributed by atoms with Gasteiger partial charge in [0.15, 0.2) is 0 Å². The molecule has 0 atom stereocenters. The molecule has 1 aromatic heterocycles. The van der Waals surface area contributed by atoms with Crippen LogP contribution < -0.4 is 10.9 Å². The summed E-state index contributed by atoms with van der Waals surface area (Å²) in [6, 6.07) is 12.0. The minimum Gasteiger partial charge on any atom is -0.392 e. The highest BCUT2D eigenvalue weighted by molar-refractivity contribution is 5.95. The molecule has 3 aromatic rings. The molecule has 0 aliphatic heterocycles. The number of hydrogen-bond donors (Lipinski definition) is 3. The molecule has 1 heterocycles. The zero-order chi connectivity index (χ0) is 18.7. The molecule has 26 heavy (non-hydrogen) atoms. The number of amides is 1. The molecule has 0 aliphatic rings. The first kappa shape index (κ1) is 17.8. The van der Waals surface area contributed by atoms with Crippen molar-refractivity contribution < 1.29 is 15.0 Å². The highest BCUT2D eigenvalue weighted by Crippen LogP contribution is 2.18. The molecule has 134 valence electrons. The molecule has 0 bridgehead atoms. The second kappa shape index (κ2) is 7.47. The summed E-state index contributed by atoms with van der Waals surface area (Å²) < 4.78 is 1.23. The zero-order valence-corrected chi connectivity index (χ0v) is 14.3. The fourth-order valence-corrected chi connectivity index (χ4v) is 2.87. The van der Waals surface area contributed by atoms with Gasteiger partial charge in [0.25, 0.3) is 5.56 Å². The molecule has 0 spiro atoms. The van der Waals surface area contributed by atoms with Gasteiger partial charge in [-0.2, -0.15) is 5.10 Å². The SMILES string of the molecule is Cn1nc(CC(=O)Nc2ccc(CO)c(CO)c2)c2ccccc2c1=O. The van der Waals surface area contributed by atoms with Crippen LogP contribution in [0, 0.1) is 0 Å².